The molecule has 0 bridgehead atoms. The summed E-state index contributed by atoms with van der Waals surface area (Å²) in [7, 11) is 0. The fourth-order valence-electron chi connectivity index (χ4n) is 2.74. The van der Waals surface area contributed by atoms with Gasteiger partial charge in [0.1, 0.15) is 12.1 Å². The van der Waals surface area contributed by atoms with Gasteiger partial charge >= 0.3 is 12.0 Å². The van der Waals surface area contributed by atoms with E-state index in [1.807, 2.05) is 0 Å². The van der Waals surface area contributed by atoms with E-state index in [2.05, 4.69) is 15.6 Å². The Kier molecular flexibility index (Phi) is 5.12. The smallest absolute Gasteiger partial charge is 0.328 e. The zero-order chi connectivity index (χ0) is 16.2. The first-order valence-corrected chi connectivity index (χ1v) is 8.78. The molecule has 0 saturated heterocycles. The third kappa shape index (κ3) is 4.20. The molecule has 0 radical (unpaired) electrons. The first kappa shape index (κ1) is 16.2. The first-order valence-electron chi connectivity index (χ1n) is 7.96. The van der Waals surface area contributed by atoms with Crippen molar-refractivity contribution in [1.29, 1.82) is 0 Å². The number of aromatic nitrogens is 1. The highest BCUT2D eigenvalue weighted by atomic mass is 32.1. The summed E-state index contributed by atoms with van der Waals surface area (Å²) < 4.78 is 10.7. The number of anilines is 1. The summed E-state index contributed by atoms with van der Waals surface area (Å²) in [5, 5.41) is 5.79. The summed E-state index contributed by atoms with van der Waals surface area (Å²) in [5.41, 5.74) is 0.977. The minimum atomic E-state index is -0.687. The first-order chi connectivity index (χ1) is 11.1. The van der Waals surface area contributed by atoms with Crippen molar-refractivity contribution in [2.24, 2.45) is 0 Å². The topological polar surface area (TPSA) is 89.5 Å². The Bertz CT molecular complexity index is 560. The number of esters is 1. The minimum Gasteiger partial charge on any atom is -0.461 e. The normalized spacial score (nSPS) is 19.0. The van der Waals surface area contributed by atoms with Gasteiger partial charge in [0.2, 0.25) is 0 Å². The lowest BCUT2D eigenvalue weighted by molar-refractivity contribution is -0.150. The van der Waals surface area contributed by atoms with E-state index in [1.54, 1.807) is 6.92 Å². The van der Waals surface area contributed by atoms with Gasteiger partial charge in [-0.05, 0) is 32.6 Å². The molecule has 1 atom stereocenters. The zero-order valence-corrected chi connectivity index (χ0v) is 13.9. The monoisotopic (exact) mass is 339 g/mol. The van der Waals surface area contributed by atoms with Crippen LogP contribution >= 0.6 is 11.3 Å². The summed E-state index contributed by atoms with van der Waals surface area (Å²) >= 11 is 1.40. The molecule has 3 rings (SSSR count). The fraction of sp³-hybridized carbons (Fsp3) is 0.667. The van der Waals surface area contributed by atoms with Crippen LogP contribution in [0.25, 0.3) is 0 Å². The van der Waals surface area contributed by atoms with Gasteiger partial charge in [0.05, 0.1) is 23.8 Å². The average molecular weight is 339 g/mol. The Labute approximate surface area is 138 Å². The van der Waals surface area contributed by atoms with E-state index in [-0.39, 0.29) is 12.1 Å². The number of carbonyl (C=O) groups excluding carboxylic acids is 2. The van der Waals surface area contributed by atoms with Crippen molar-refractivity contribution in [1.82, 2.24) is 10.3 Å². The third-order valence-corrected chi connectivity index (χ3v) is 4.99. The molecule has 0 unspecified atom stereocenters. The van der Waals surface area contributed by atoms with E-state index in [0.29, 0.717) is 18.3 Å². The number of nitrogens with zero attached hydrogens (tertiary/aromatic N) is 1. The maximum absolute atomic E-state index is 12.0. The predicted octanol–water partition coefficient (Wildman–Crippen LogP) is 2.21. The van der Waals surface area contributed by atoms with Gasteiger partial charge in [0.15, 0.2) is 5.13 Å². The lowest BCUT2D eigenvalue weighted by Gasteiger charge is -2.16. The molecule has 1 aromatic rings. The number of urea groups is 1. The van der Waals surface area contributed by atoms with Crippen molar-refractivity contribution in [3.63, 3.8) is 0 Å². The van der Waals surface area contributed by atoms with E-state index in [0.717, 1.165) is 42.7 Å². The second-order valence-corrected chi connectivity index (χ2v) is 6.94. The number of amides is 2. The van der Waals surface area contributed by atoms with Crippen LogP contribution in [0.15, 0.2) is 0 Å². The van der Waals surface area contributed by atoms with Crippen LogP contribution in [0.1, 0.15) is 43.2 Å². The molecule has 8 heteroatoms. The van der Waals surface area contributed by atoms with E-state index in [4.69, 9.17) is 9.47 Å². The summed E-state index contributed by atoms with van der Waals surface area (Å²) in [6.07, 6.45) is 4.78. The van der Waals surface area contributed by atoms with Crippen LogP contribution in [0.2, 0.25) is 0 Å². The second-order valence-electron chi connectivity index (χ2n) is 5.85. The van der Waals surface area contributed by atoms with Gasteiger partial charge in [-0.25, -0.2) is 14.6 Å². The SMILES string of the molecule is C[C@H](NC(=O)Nc1nc2c(s1)COCC2)C(=O)OC1CCCC1. The highest BCUT2D eigenvalue weighted by Gasteiger charge is 2.24. The van der Waals surface area contributed by atoms with Gasteiger partial charge in [-0.3, -0.25) is 5.32 Å². The van der Waals surface area contributed by atoms with Crippen molar-refractivity contribution in [3.05, 3.63) is 10.6 Å². The van der Waals surface area contributed by atoms with Crippen LogP contribution in [-0.4, -0.2) is 35.7 Å². The van der Waals surface area contributed by atoms with Crippen molar-refractivity contribution >= 4 is 28.5 Å². The number of thiazole rings is 1. The van der Waals surface area contributed by atoms with Crippen LogP contribution in [0, 0.1) is 0 Å². The molecule has 1 saturated carbocycles. The van der Waals surface area contributed by atoms with E-state index >= 15 is 0 Å². The molecule has 2 heterocycles. The van der Waals surface area contributed by atoms with Gasteiger partial charge < -0.3 is 14.8 Å². The van der Waals surface area contributed by atoms with E-state index < -0.39 is 12.1 Å². The van der Waals surface area contributed by atoms with Crippen LogP contribution in [0.4, 0.5) is 9.93 Å². The van der Waals surface area contributed by atoms with Gasteiger partial charge in [0.25, 0.3) is 0 Å². The Morgan fingerprint density at radius 1 is 1.39 bits per heavy atom. The number of rotatable bonds is 4. The van der Waals surface area contributed by atoms with E-state index in [1.165, 1.54) is 11.3 Å². The maximum Gasteiger partial charge on any atom is 0.328 e. The summed E-state index contributed by atoms with van der Waals surface area (Å²) in [6, 6.07) is -1.14. The molecule has 2 aliphatic rings. The number of carbonyl (C=O) groups is 2. The minimum absolute atomic E-state index is 0.000462. The van der Waals surface area contributed by atoms with Crippen LogP contribution < -0.4 is 10.6 Å². The quantitative estimate of drug-likeness (QED) is 0.821. The van der Waals surface area contributed by atoms with Crippen LogP contribution in [-0.2, 0) is 27.3 Å². The maximum atomic E-state index is 12.0. The van der Waals surface area contributed by atoms with Crippen LogP contribution in [0.5, 0.6) is 0 Å². The molecule has 2 amide bonds. The highest BCUT2D eigenvalue weighted by molar-refractivity contribution is 7.15. The Morgan fingerprint density at radius 3 is 2.91 bits per heavy atom. The van der Waals surface area contributed by atoms with E-state index in [9.17, 15) is 9.59 Å². The van der Waals surface area contributed by atoms with Gasteiger partial charge in [-0.2, -0.15) is 0 Å². The van der Waals surface area contributed by atoms with Gasteiger partial charge in [-0.15, -0.1) is 0 Å². The molecule has 7 nitrogen and oxygen atoms in total. The molecule has 1 fully saturated rings. The van der Waals surface area contributed by atoms with Crippen molar-refractivity contribution in [2.45, 2.75) is 57.8 Å². The van der Waals surface area contributed by atoms with Gasteiger partial charge in [0, 0.05) is 6.42 Å². The summed E-state index contributed by atoms with van der Waals surface area (Å²) in [5.74, 6) is -0.390. The third-order valence-electron chi connectivity index (χ3n) is 4.00. The number of fused-ring (bicyclic) bond motifs is 1. The molecule has 1 aliphatic heterocycles. The van der Waals surface area contributed by atoms with Crippen molar-refractivity contribution in [3.8, 4) is 0 Å². The second kappa shape index (κ2) is 7.27. The number of ether oxygens (including phenoxy) is 2. The molecular formula is C15H21N3O4S. The highest BCUT2D eigenvalue weighted by Crippen LogP contribution is 2.27. The zero-order valence-electron chi connectivity index (χ0n) is 13.1. The average Bonchev–Trinajstić information content (AvgIpc) is 3.15. The number of hydrogen-bond donors (Lipinski definition) is 2. The number of nitrogens with one attached hydrogen (secondary N) is 2. The van der Waals surface area contributed by atoms with Gasteiger partial charge in [-0.1, -0.05) is 11.3 Å². The molecule has 23 heavy (non-hydrogen) atoms. The molecule has 1 aromatic heterocycles. The lowest BCUT2D eigenvalue weighted by Crippen LogP contribution is -2.42. The Morgan fingerprint density at radius 2 is 2.17 bits per heavy atom. The molecule has 126 valence electrons. The summed E-state index contributed by atoms with van der Waals surface area (Å²) in [4.78, 5) is 29.4. The standard InChI is InChI=1S/C15H21N3O4S/c1-9(13(19)22-10-4-2-3-5-10)16-14(20)18-15-17-11-6-7-21-8-12(11)23-15/h9-10H,2-8H2,1H3,(H2,16,17,18,20)/t9-/m0/s1. The van der Waals surface area contributed by atoms with Crippen molar-refractivity contribution < 1.29 is 19.1 Å². The Hall–Kier alpha value is -1.67. The molecule has 1 aliphatic carbocycles. The molecule has 0 spiro atoms. The van der Waals surface area contributed by atoms with Crippen LogP contribution in [0.3, 0.4) is 0 Å². The van der Waals surface area contributed by atoms with Crippen molar-refractivity contribution in [2.75, 3.05) is 11.9 Å². The molecular weight excluding hydrogens is 318 g/mol. The number of hydrogen-bond acceptors (Lipinski definition) is 6. The molecule has 2 N–H and O–H groups in total. The molecule has 0 aromatic carbocycles. The largest absolute Gasteiger partial charge is 0.461 e. The Balaban J connectivity index is 1.48. The fourth-order valence-corrected chi connectivity index (χ4v) is 3.68. The summed E-state index contributed by atoms with van der Waals surface area (Å²) in [6.45, 7) is 2.82. The lowest BCUT2D eigenvalue weighted by atomic mass is 10.2. The predicted molar refractivity (Wildman–Crippen MR) is 85.4 cm³/mol.